The van der Waals surface area contributed by atoms with Crippen LogP contribution in [0.4, 0.5) is 0 Å². The average molecular weight is 165 g/mol. The fraction of sp³-hybridized carbons (Fsp3) is 0.250. The number of aromatic nitrogens is 2. The predicted molar refractivity (Wildman–Crippen MR) is 46.1 cm³/mol. The first-order chi connectivity index (χ1) is 5.74. The van der Waals surface area contributed by atoms with E-state index in [-0.39, 0.29) is 0 Å². The number of rotatable bonds is 3. The molecule has 0 spiro atoms. The Morgan fingerprint density at radius 2 is 2.58 bits per heavy atom. The van der Waals surface area contributed by atoms with Crippen LogP contribution < -0.4 is 5.73 Å². The van der Waals surface area contributed by atoms with Crippen molar-refractivity contribution in [2.24, 2.45) is 5.73 Å². The summed E-state index contributed by atoms with van der Waals surface area (Å²) >= 11 is 0. The molecule has 0 aliphatic rings. The molecule has 0 saturated heterocycles. The zero-order valence-electron chi connectivity index (χ0n) is 6.90. The number of primary amides is 1. The molecule has 1 aromatic heterocycles. The fourth-order valence-corrected chi connectivity index (χ4v) is 0.902. The highest BCUT2D eigenvalue weighted by Crippen LogP contribution is 2.00. The van der Waals surface area contributed by atoms with Gasteiger partial charge in [0.05, 0.1) is 18.2 Å². The number of carbonyl (C=O) groups is 1. The molecule has 0 aliphatic heterocycles. The van der Waals surface area contributed by atoms with Crippen LogP contribution in [0, 0.1) is 0 Å². The van der Waals surface area contributed by atoms with Gasteiger partial charge in [-0.2, -0.15) is 0 Å². The molecule has 0 aliphatic carbocycles. The minimum Gasteiger partial charge on any atom is -0.366 e. The molecule has 0 unspecified atom stereocenters. The molecule has 0 saturated carbocycles. The summed E-state index contributed by atoms with van der Waals surface area (Å²) in [5.74, 6) is -0.446. The highest BCUT2D eigenvalue weighted by atomic mass is 16.1. The van der Waals surface area contributed by atoms with Crippen molar-refractivity contribution in [3.05, 3.63) is 24.3 Å². The van der Waals surface area contributed by atoms with Gasteiger partial charge < -0.3 is 10.3 Å². The third kappa shape index (κ3) is 1.95. The van der Waals surface area contributed by atoms with Gasteiger partial charge >= 0.3 is 0 Å². The molecule has 4 heteroatoms. The minimum absolute atomic E-state index is 0.446. The Labute approximate surface area is 70.7 Å². The van der Waals surface area contributed by atoms with E-state index in [1.54, 1.807) is 18.6 Å². The van der Waals surface area contributed by atoms with Crippen molar-refractivity contribution < 1.29 is 4.79 Å². The molecule has 0 fully saturated rings. The van der Waals surface area contributed by atoms with Gasteiger partial charge in [-0.3, -0.25) is 4.79 Å². The smallest absolute Gasteiger partial charge is 0.241 e. The Morgan fingerprint density at radius 1 is 1.83 bits per heavy atom. The van der Waals surface area contributed by atoms with Crippen LogP contribution in [-0.4, -0.2) is 15.5 Å². The monoisotopic (exact) mass is 165 g/mol. The van der Waals surface area contributed by atoms with Crippen molar-refractivity contribution in [1.82, 2.24) is 9.55 Å². The molecule has 1 aromatic rings. The molecule has 12 heavy (non-hydrogen) atoms. The van der Waals surface area contributed by atoms with Crippen molar-refractivity contribution in [2.45, 2.75) is 13.5 Å². The van der Waals surface area contributed by atoms with Crippen molar-refractivity contribution in [1.29, 1.82) is 0 Å². The summed E-state index contributed by atoms with van der Waals surface area (Å²) in [6.45, 7) is 2.84. The summed E-state index contributed by atoms with van der Waals surface area (Å²) in [5, 5.41) is 0. The maximum absolute atomic E-state index is 10.4. The van der Waals surface area contributed by atoms with Gasteiger partial charge in [0.15, 0.2) is 0 Å². The standard InChI is InChI=1S/C8H11N3O/c1-2-11-6-10-5-7(11)3-4-8(9)12/h3-6H,2H2,1H3,(H2,9,12)/b4-3-. The van der Waals surface area contributed by atoms with Gasteiger partial charge in [0, 0.05) is 12.6 Å². The van der Waals surface area contributed by atoms with Crippen molar-refractivity contribution in [3.63, 3.8) is 0 Å². The van der Waals surface area contributed by atoms with Gasteiger partial charge in [-0.25, -0.2) is 4.98 Å². The third-order valence-electron chi connectivity index (χ3n) is 1.50. The SMILES string of the molecule is CCn1cncc1/C=C\C(N)=O. The minimum atomic E-state index is -0.446. The van der Waals surface area contributed by atoms with Crippen LogP contribution >= 0.6 is 0 Å². The van der Waals surface area contributed by atoms with Gasteiger partial charge in [-0.15, -0.1) is 0 Å². The van der Waals surface area contributed by atoms with E-state index in [2.05, 4.69) is 4.98 Å². The normalized spacial score (nSPS) is 10.8. The van der Waals surface area contributed by atoms with E-state index >= 15 is 0 Å². The number of hydrogen-bond donors (Lipinski definition) is 1. The first kappa shape index (κ1) is 8.52. The molecule has 1 rings (SSSR count). The van der Waals surface area contributed by atoms with E-state index in [0.29, 0.717) is 0 Å². The van der Waals surface area contributed by atoms with Crippen LogP contribution in [0.25, 0.3) is 6.08 Å². The lowest BCUT2D eigenvalue weighted by molar-refractivity contribution is -0.113. The van der Waals surface area contributed by atoms with Crippen LogP contribution in [0.2, 0.25) is 0 Å². The fourth-order valence-electron chi connectivity index (χ4n) is 0.902. The Balaban J connectivity index is 2.81. The largest absolute Gasteiger partial charge is 0.366 e. The number of amides is 1. The van der Waals surface area contributed by atoms with Crippen LogP contribution in [0.5, 0.6) is 0 Å². The zero-order chi connectivity index (χ0) is 8.97. The maximum atomic E-state index is 10.4. The van der Waals surface area contributed by atoms with E-state index in [1.807, 2.05) is 11.5 Å². The van der Waals surface area contributed by atoms with E-state index in [1.165, 1.54) is 6.08 Å². The predicted octanol–water partition coefficient (Wildman–Crippen LogP) is 0.402. The lowest BCUT2D eigenvalue weighted by atomic mass is 10.4. The second-order valence-corrected chi connectivity index (χ2v) is 2.34. The maximum Gasteiger partial charge on any atom is 0.241 e. The quantitative estimate of drug-likeness (QED) is 0.659. The highest BCUT2D eigenvalue weighted by molar-refractivity contribution is 5.89. The highest BCUT2D eigenvalue weighted by Gasteiger charge is 1.94. The Morgan fingerprint density at radius 3 is 3.17 bits per heavy atom. The van der Waals surface area contributed by atoms with Gasteiger partial charge in [0.25, 0.3) is 0 Å². The molecule has 0 aromatic carbocycles. The van der Waals surface area contributed by atoms with Crippen LogP contribution in [-0.2, 0) is 11.3 Å². The number of carbonyl (C=O) groups excluding carboxylic acids is 1. The average Bonchev–Trinajstić information content (AvgIpc) is 2.47. The summed E-state index contributed by atoms with van der Waals surface area (Å²) in [7, 11) is 0. The van der Waals surface area contributed by atoms with E-state index in [4.69, 9.17) is 5.73 Å². The lowest BCUT2D eigenvalue weighted by Crippen LogP contribution is -2.05. The van der Waals surface area contributed by atoms with E-state index in [9.17, 15) is 4.79 Å². The van der Waals surface area contributed by atoms with E-state index in [0.717, 1.165) is 12.2 Å². The van der Waals surface area contributed by atoms with Gasteiger partial charge in [0.2, 0.25) is 5.91 Å². The Kier molecular flexibility index (Phi) is 2.63. The summed E-state index contributed by atoms with van der Waals surface area (Å²) in [6, 6.07) is 0. The third-order valence-corrected chi connectivity index (χ3v) is 1.50. The van der Waals surface area contributed by atoms with Crippen molar-refractivity contribution in [2.75, 3.05) is 0 Å². The zero-order valence-corrected chi connectivity index (χ0v) is 6.90. The summed E-state index contributed by atoms with van der Waals surface area (Å²) < 4.78 is 1.92. The van der Waals surface area contributed by atoms with Crippen LogP contribution in [0.15, 0.2) is 18.6 Å². The molecule has 0 atom stereocenters. The van der Waals surface area contributed by atoms with Crippen LogP contribution in [0.3, 0.4) is 0 Å². The molecular weight excluding hydrogens is 154 g/mol. The summed E-state index contributed by atoms with van der Waals surface area (Å²) in [4.78, 5) is 14.3. The second kappa shape index (κ2) is 3.71. The molecule has 1 heterocycles. The molecular formula is C8H11N3O. The molecule has 1 amide bonds. The van der Waals surface area contributed by atoms with E-state index < -0.39 is 5.91 Å². The van der Waals surface area contributed by atoms with Crippen molar-refractivity contribution in [3.8, 4) is 0 Å². The second-order valence-electron chi connectivity index (χ2n) is 2.34. The molecule has 0 bridgehead atoms. The Bertz CT molecular complexity index is 301. The molecule has 4 nitrogen and oxygen atoms in total. The molecule has 2 N–H and O–H groups in total. The van der Waals surface area contributed by atoms with Gasteiger partial charge in [0.1, 0.15) is 0 Å². The molecule has 64 valence electrons. The summed E-state index contributed by atoms with van der Waals surface area (Å²) in [5.41, 5.74) is 5.83. The number of imidazole rings is 1. The van der Waals surface area contributed by atoms with Crippen LogP contribution in [0.1, 0.15) is 12.6 Å². The number of aryl methyl sites for hydroxylation is 1. The van der Waals surface area contributed by atoms with Gasteiger partial charge in [-0.05, 0) is 13.0 Å². The number of hydrogen-bond acceptors (Lipinski definition) is 2. The Hall–Kier alpha value is -1.58. The lowest BCUT2D eigenvalue weighted by Gasteiger charge is -1.97. The number of nitrogens with zero attached hydrogens (tertiary/aromatic N) is 2. The van der Waals surface area contributed by atoms with Crippen molar-refractivity contribution >= 4 is 12.0 Å². The number of nitrogens with two attached hydrogens (primary N) is 1. The van der Waals surface area contributed by atoms with Gasteiger partial charge in [-0.1, -0.05) is 0 Å². The summed E-state index contributed by atoms with van der Waals surface area (Å²) in [6.07, 6.45) is 6.37. The molecule has 0 radical (unpaired) electrons. The first-order valence-corrected chi connectivity index (χ1v) is 3.71. The first-order valence-electron chi connectivity index (χ1n) is 3.71. The topological polar surface area (TPSA) is 60.9 Å².